The molecule has 2 aromatic rings. The van der Waals surface area contributed by atoms with E-state index in [9.17, 15) is 4.79 Å². The van der Waals surface area contributed by atoms with Gasteiger partial charge in [-0.3, -0.25) is 9.69 Å². The Labute approximate surface area is 226 Å². The minimum absolute atomic E-state index is 0.0315. The summed E-state index contributed by atoms with van der Waals surface area (Å²) in [6.45, 7) is 7.57. The third kappa shape index (κ3) is 5.53. The molecular weight excluding hydrogens is 478 g/mol. The molecule has 3 fully saturated rings. The van der Waals surface area contributed by atoms with Crippen molar-refractivity contribution in [3.05, 3.63) is 42.1 Å². The van der Waals surface area contributed by atoms with Crippen molar-refractivity contribution in [2.45, 2.75) is 51.2 Å². The normalized spacial score (nSPS) is 26.2. The van der Waals surface area contributed by atoms with E-state index in [1.54, 1.807) is 7.11 Å². The lowest BCUT2D eigenvalue weighted by molar-refractivity contribution is -0.124. The Hall–Kier alpha value is -2.68. The number of carbonyl (C=O) groups excluding carboxylic acids is 1. The van der Waals surface area contributed by atoms with E-state index < -0.39 is 0 Å². The zero-order valence-corrected chi connectivity index (χ0v) is 22.6. The van der Waals surface area contributed by atoms with E-state index in [2.05, 4.69) is 44.4 Å². The summed E-state index contributed by atoms with van der Waals surface area (Å²) >= 11 is 0. The van der Waals surface area contributed by atoms with Crippen molar-refractivity contribution in [3.8, 4) is 0 Å². The van der Waals surface area contributed by atoms with Crippen LogP contribution in [-0.4, -0.2) is 74.9 Å². The number of fused-ring (bicyclic) bond motifs is 2. The van der Waals surface area contributed by atoms with Gasteiger partial charge in [0.15, 0.2) is 0 Å². The highest BCUT2D eigenvalue weighted by atomic mass is 16.5. The lowest BCUT2D eigenvalue weighted by atomic mass is 9.86. The van der Waals surface area contributed by atoms with Crippen LogP contribution in [0.2, 0.25) is 0 Å². The summed E-state index contributed by atoms with van der Waals surface area (Å²) in [6.07, 6.45) is 8.22. The highest BCUT2D eigenvalue weighted by Crippen LogP contribution is 2.40. The van der Waals surface area contributed by atoms with E-state index in [1.165, 1.54) is 18.5 Å². The monoisotopic (exact) mass is 519 g/mol. The van der Waals surface area contributed by atoms with E-state index in [4.69, 9.17) is 9.47 Å². The molecule has 1 amide bonds. The van der Waals surface area contributed by atoms with Crippen molar-refractivity contribution in [2.24, 2.45) is 11.8 Å². The Bertz CT molecular complexity index is 1110. The summed E-state index contributed by atoms with van der Waals surface area (Å²) in [5.41, 5.74) is 4.17. The number of rotatable bonds is 5. The Kier molecular flexibility index (Phi) is 7.81. The van der Waals surface area contributed by atoms with Crippen LogP contribution in [0.1, 0.15) is 44.1 Å². The Balaban J connectivity index is 1.25. The molecule has 204 valence electrons. The largest absolute Gasteiger partial charge is 0.381 e. The molecule has 3 aliphatic heterocycles. The van der Waals surface area contributed by atoms with Crippen molar-refractivity contribution in [1.82, 2.24) is 9.88 Å². The third-order valence-electron chi connectivity index (χ3n) is 8.87. The van der Waals surface area contributed by atoms with Gasteiger partial charge in [0.25, 0.3) is 0 Å². The van der Waals surface area contributed by atoms with Crippen LogP contribution in [-0.2, 0) is 20.8 Å². The molecular formula is C30H41N5O3. The molecule has 1 aliphatic carbocycles. The van der Waals surface area contributed by atoms with Crippen LogP contribution in [0.5, 0.6) is 0 Å². The predicted molar refractivity (Wildman–Crippen MR) is 150 cm³/mol. The Morgan fingerprint density at radius 1 is 1.11 bits per heavy atom. The van der Waals surface area contributed by atoms with E-state index in [0.29, 0.717) is 12.5 Å². The zero-order chi connectivity index (χ0) is 25.9. The first-order valence-electron chi connectivity index (χ1n) is 14.4. The van der Waals surface area contributed by atoms with Gasteiger partial charge in [-0.05, 0) is 68.7 Å². The van der Waals surface area contributed by atoms with E-state index in [1.807, 2.05) is 17.2 Å². The molecule has 4 heterocycles. The number of ether oxygens (including phenoxy) is 2. The van der Waals surface area contributed by atoms with Crippen molar-refractivity contribution in [2.75, 3.05) is 68.2 Å². The van der Waals surface area contributed by atoms with Crippen molar-refractivity contribution in [1.29, 1.82) is 0 Å². The Morgan fingerprint density at radius 2 is 1.95 bits per heavy atom. The number of benzene rings is 1. The first kappa shape index (κ1) is 25.6. The smallest absolute Gasteiger partial charge is 0.230 e. The Morgan fingerprint density at radius 3 is 2.76 bits per heavy atom. The minimum Gasteiger partial charge on any atom is -0.381 e. The number of nitrogens with zero attached hydrogens (tertiary/aromatic N) is 4. The average molecular weight is 520 g/mol. The fourth-order valence-corrected chi connectivity index (χ4v) is 6.67. The number of hydrogen-bond donors (Lipinski definition) is 1. The molecule has 8 heteroatoms. The highest BCUT2D eigenvalue weighted by Gasteiger charge is 2.33. The van der Waals surface area contributed by atoms with Crippen LogP contribution >= 0.6 is 0 Å². The number of piperidine rings is 1. The fourth-order valence-electron chi connectivity index (χ4n) is 6.67. The summed E-state index contributed by atoms with van der Waals surface area (Å²) in [6, 6.07) is 10.6. The quantitative estimate of drug-likeness (QED) is 0.627. The second-order valence-electron chi connectivity index (χ2n) is 11.3. The molecule has 38 heavy (non-hydrogen) atoms. The summed E-state index contributed by atoms with van der Waals surface area (Å²) in [4.78, 5) is 25.7. The topological polar surface area (TPSA) is 70.2 Å². The first-order chi connectivity index (χ1) is 18.7. The minimum atomic E-state index is 0.0315. The molecule has 1 N–H and O–H groups in total. The number of methoxy groups -OCH3 is 1. The lowest BCUT2D eigenvalue weighted by Crippen LogP contribution is -2.44. The maximum absolute atomic E-state index is 14.0. The molecule has 4 aliphatic rings. The van der Waals surface area contributed by atoms with Gasteiger partial charge < -0.3 is 24.6 Å². The molecule has 0 radical (unpaired) electrons. The zero-order valence-electron chi connectivity index (χ0n) is 22.6. The SMILES string of the molecule is CO[C@H]1CC[C@H](C(=O)N2Cc3cccnc3Nc3ccc(N4CCCC(CN5CCOCC5)C4)cc32)CC1. The van der Waals surface area contributed by atoms with Gasteiger partial charge in [-0.1, -0.05) is 6.07 Å². The standard InChI is InChI=1S/C30H41N5O3/c1-37-26-9-6-23(7-10-26)30(36)35-21-24-5-2-12-31-29(24)32-27-11-8-25(18-28(27)35)34-13-3-4-22(20-34)19-33-14-16-38-17-15-33/h2,5,8,11-12,18,22-23,26H,3-4,6-7,9-10,13-17,19-21H2,1H3,(H,31,32)/t22?,23-,26-. The fraction of sp³-hybridized carbons (Fsp3) is 0.600. The van der Waals surface area contributed by atoms with Crippen LogP contribution in [0.3, 0.4) is 0 Å². The maximum Gasteiger partial charge on any atom is 0.230 e. The van der Waals surface area contributed by atoms with E-state index in [0.717, 1.165) is 94.4 Å². The summed E-state index contributed by atoms with van der Waals surface area (Å²) in [5.74, 6) is 1.74. The van der Waals surface area contributed by atoms with Gasteiger partial charge in [-0.15, -0.1) is 0 Å². The van der Waals surface area contributed by atoms with Crippen LogP contribution in [0.15, 0.2) is 36.5 Å². The van der Waals surface area contributed by atoms with Crippen molar-refractivity contribution < 1.29 is 14.3 Å². The van der Waals surface area contributed by atoms with Crippen LogP contribution < -0.4 is 15.1 Å². The molecule has 6 rings (SSSR count). The van der Waals surface area contributed by atoms with Gasteiger partial charge in [0, 0.05) is 63.2 Å². The highest BCUT2D eigenvalue weighted by molar-refractivity contribution is 6.00. The van der Waals surface area contributed by atoms with Gasteiger partial charge in [-0.25, -0.2) is 4.98 Å². The summed E-state index contributed by atoms with van der Waals surface area (Å²) in [5, 5.41) is 3.54. The molecule has 1 atom stereocenters. The molecule has 2 saturated heterocycles. The van der Waals surface area contributed by atoms with Gasteiger partial charge >= 0.3 is 0 Å². The number of carbonyl (C=O) groups is 1. The second-order valence-corrected chi connectivity index (χ2v) is 11.3. The average Bonchev–Trinajstić information content (AvgIpc) is 3.14. The van der Waals surface area contributed by atoms with Crippen LogP contribution in [0.4, 0.5) is 22.9 Å². The van der Waals surface area contributed by atoms with Gasteiger partial charge in [0.1, 0.15) is 5.82 Å². The first-order valence-corrected chi connectivity index (χ1v) is 14.4. The number of hydrogen-bond acceptors (Lipinski definition) is 7. The van der Waals surface area contributed by atoms with E-state index >= 15 is 0 Å². The number of pyridine rings is 1. The number of amides is 1. The molecule has 1 unspecified atom stereocenters. The predicted octanol–water partition coefficient (Wildman–Crippen LogP) is 4.43. The van der Waals surface area contributed by atoms with Gasteiger partial charge in [0.2, 0.25) is 5.91 Å². The number of morpholine rings is 1. The van der Waals surface area contributed by atoms with Crippen molar-refractivity contribution >= 4 is 28.8 Å². The molecule has 0 bridgehead atoms. The van der Waals surface area contributed by atoms with Crippen LogP contribution in [0, 0.1) is 11.8 Å². The molecule has 8 nitrogen and oxygen atoms in total. The lowest BCUT2D eigenvalue weighted by Gasteiger charge is -2.38. The van der Waals surface area contributed by atoms with Crippen LogP contribution in [0.25, 0.3) is 0 Å². The van der Waals surface area contributed by atoms with Crippen molar-refractivity contribution in [3.63, 3.8) is 0 Å². The van der Waals surface area contributed by atoms with Gasteiger partial charge in [0.05, 0.1) is 37.2 Å². The second kappa shape index (κ2) is 11.6. The molecule has 1 aromatic heterocycles. The number of anilines is 4. The summed E-state index contributed by atoms with van der Waals surface area (Å²) < 4.78 is 11.1. The molecule has 1 saturated carbocycles. The van der Waals surface area contributed by atoms with Gasteiger partial charge in [-0.2, -0.15) is 0 Å². The molecule has 0 spiro atoms. The number of nitrogens with one attached hydrogen (secondary N) is 1. The maximum atomic E-state index is 14.0. The molecule has 1 aromatic carbocycles. The summed E-state index contributed by atoms with van der Waals surface area (Å²) in [7, 11) is 1.78. The number of aromatic nitrogens is 1. The van der Waals surface area contributed by atoms with E-state index in [-0.39, 0.29) is 17.9 Å². The third-order valence-corrected chi connectivity index (χ3v) is 8.87.